The van der Waals surface area contributed by atoms with Crippen molar-refractivity contribution < 1.29 is 16.8 Å². The topological polar surface area (TPSA) is 0 Å². The molecule has 0 fully saturated rings. The fourth-order valence-corrected chi connectivity index (χ4v) is 1.73. The third kappa shape index (κ3) is 3.36. The van der Waals surface area contributed by atoms with E-state index in [1.165, 1.54) is 27.8 Å². The average molecular weight is 259 g/mol. The smallest absolute Gasteiger partial charge is 0 e. The van der Waals surface area contributed by atoms with Crippen molar-refractivity contribution in [3.63, 3.8) is 0 Å². The van der Waals surface area contributed by atoms with Crippen LogP contribution in [0, 0.1) is 34.6 Å². The standard InChI is InChI=1S/C10H15.C5H5.Co/c1-6-7(2)9(4)10(5)8(6)3;1-2-4-5-3-1;/h1-5H3;1-5H;/q2*-1;. The average Bonchev–Trinajstić information content (AvgIpc) is 2.86. The minimum atomic E-state index is 0. The summed E-state index contributed by atoms with van der Waals surface area (Å²) in [6.07, 6.45) is 0. The SMILES string of the molecule is Cc1c(C)c(C)[c-](C)c1C.[Co].c1cc[cH-]c1. The van der Waals surface area contributed by atoms with Gasteiger partial charge in [-0.1, -0.05) is 34.6 Å². The van der Waals surface area contributed by atoms with E-state index >= 15 is 0 Å². The molecule has 0 nitrogen and oxygen atoms in total. The van der Waals surface area contributed by atoms with Crippen molar-refractivity contribution in [1.29, 1.82) is 0 Å². The van der Waals surface area contributed by atoms with E-state index in [-0.39, 0.29) is 16.8 Å². The quantitative estimate of drug-likeness (QED) is 0.617. The molecular weight excluding hydrogens is 239 g/mol. The maximum absolute atomic E-state index is 2.20. The second-order valence-electron chi connectivity index (χ2n) is 4.09. The van der Waals surface area contributed by atoms with Gasteiger partial charge in [0, 0.05) is 16.8 Å². The van der Waals surface area contributed by atoms with Gasteiger partial charge in [-0.3, -0.25) is 0 Å². The molecule has 0 saturated carbocycles. The molecule has 0 aliphatic rings. The molecule has 0 spiro atoms. The Morgan fingerprint density at radius 3 is 1.38 bits per heavy atom. The van der Waals surface area contributed by atoms with Crippen molar-refractivity contribution >= 4 is 0 Å². The van der Waals surface area contributed by atoms with Gasteiger partial charge in [0.2, 0.25) is 0 Å². The molecule has 2 aromatic rings. The van der Waals surface area contributed by atoms with E-state index in [0.717, 1.165) is 0 Å². The van der Waals surface area contributed by atoms with Crippen molar-refractivity contribution in [1.82, 2.24) is 0 Å². The van der Waals surface area contributed by atoms with Gasteiger partial charge in [-0.25, -0.2) is 12.1 Å². The third-order valence-corrected chi connectivity index (χ3v) is 3.37. The van der Waals surface area contributed by atoms with E-state index in [9.17, 15) is 0 Å². The largest absolute Gasteiger partial charge is 0.214 e. The molecule has 91 valence electrons. The molecule has 0 bridgehead atoms. The maximum atomic E-state index is 2.20. The van der Waals surface area contributed by atoms with Crippen molar-refractivity contribution in [2.45, 2.75) is 34.6 Å². The first-order chi connectivity index (χ1) is 7.05. The van der Waals surface area contributed by atoms with Crippen LogP contribution in [-0.2, 0) is 16.8 Å². The summed E-state index contributed by atoms with van der Waals surface area (Å²) in [5.41, 5.74) is 7.34. The van der Waals surface area contributed by atoms with Gasteiger partial charge in [0.05, 0.1) is 0 Å². The van der Waals surface area contributed by atoms with E-state index in [1.54, 1.807) is 0 Å². The molecule has 0 heterocycles. The van der Waals surface area contributed by atoms with E-state index in [1.807, 2.05) is 30.3 Å². The van der Waals surface area contributed by atoms with Crippen molar-refractivity contribution in [2.75, 3.05) is 0 Å². The zero-order valence-electron chi connectivity index (χ0n) is 10.7. The first-order valence-electron chi connectivity index (χ1n) is 5.42. The minimum Gasteiger partial charge on any atom is -0.214 e. The zero-order chi connectivity index (χ0) is 11.4. The first kappa shape index (κ1) is 15.2. The van der Waals surface area contributed by atoms with Gasteiger partial charge >= 0.3 is 0 Å². The van der Waals surface area contributed by atoms with Gasteiger partial charge in [-0.15, -0.1) is 0 Å². The molecule has 0 unspecified atom stereocenters. The third-order valence-electron chi connectivity index (χ3n) is 3.37. The van der Waals surface area contributed by atoms with Gasteiger partial charge in [0.1, 0.15) is 0 Å². The molecule has 0 N–H and O–H groups in total. The molecule has 0 aromatic heterocycles. The van der Waals surface area contributed by atoms with Gasteiger partial charge in [0.15, 0.2) is 0 Å². The number of hydrogen-bond acceptors (Lipinski definition) is 0. The van der Waals surface area contributed by atoms with Crippen LogP contribution in [0.3, 0.4) is 0 Å². The fraction of sp³-hybridized carbons (Fsp3) is 0.333. The Morgan fingerprint density at radius 2 is 1.25 bits per heavy atom. The summed E-state index contributed by atoms with van der Waals surface area (Å²) >= 11 is 0. The molecule has 2 rings (SSSR count). The molecule has 0 atom stereocenters. The number of hydrogen-bond donors (Lipinski definition) is 0. The van der Waals surface area contributed by atoms with E-state index in [0.29, 0.717) is 0 Å². The molecule has 0 saturated heterocycles. The maximum Gasteiger partial charge on any atom is 0 e. The molecule has 2 aromatic carbocycles. The first-order valence-corrected chi connectivity index (χ1v) is 5.42. The monoisotopic (exact) mass is 259 g/mol. The Labute approximate surface area is 110 Å². The summed E-state index contributed by atoms with van der Waals surface area (Å²) < 4.78 is 0. The summed E-state index contributed by atoms with van der Waals surface area (Å²) in [5.74, 6) is 0. The predicted octanol–water partition coefficient (Wildman–Crippen LogP) is 4.35. The second kappa shape index (κ2) is 6.72. The van der Waals surface area contributed by atoms with E-state index in [2.05, 4.69) is 34.6 Å². The summed E-state index contributed by atoms with van der Waals surface area (Å²) in [6, 6.07) is 10.0. The van der Waals surface area contributed by atoms with Crippen LogP contribution in [-0.4, -0.2) is 0 Å². The van der Waals surface area contributed by atoms with Crippen LogP contribution in [0.1, 0.15) is 27.8 Å². The molecule has 16 heavy (non-hydrogen) atoms. The van der Waals surface area contributed by atoms with E-state index < -0.39 is 0 Å². The second-order valence-corrected chi connectivity index (χ2v) is 4.09. The van der Waals surface area contributed by atoms with Crippen LogP contribution in [0.2, 0.25) is 0 Å². The predicted molar refractivity (Wildman–Crippen MR) is 67.8 cm³/mol. The Hall–Kier alpha value is -0.794. The zero-order valence-corrected chi connectivity index (χ0v) is 11.8. The van der Waals surface area contributed by atoms with Gasteiger partial charge in [0.25, 0.3) is 0 Å². The molecular formula is C15H20Co-2. The van der Waals surface area contributed by atoms with Crippen LogP contribution in [0.25, 0.3) is 0 Å². The normalized spacial score (nSPS) is 9.06. The Morgan fingerprint density at radius 1 is 0.875 bits per heavy atom. The molecule has 0 amide bonds. The fourth-order valence-electron chi connectivity index (χ4n) is 1.73. The minimum absolute atomic E-state index is 0. The summed E-state index contributed by atoms with van der Waals surface area (Å²) in [4.78, 5) is 0. The van der Waals surface area contributed by atoms with Gasteiger partial charge in [-0.05, 0) is 0 Å². The van der Waals surface area contributed by atoms with Crippen LogP contribution >= 0.6 is 0 Å². The van der Waals surface area contributed by atoms with Crippen molar-refractivity contribution in [3.05, 3.63) is 58.1 Å². The van der Waals surface area contributed by atoms with Gasteiger partial charge in [-0.2, -0.15) is 46.0 Å². The number of rotatable bonds is 0. The molecule has 0 aliphatic heterocycles. The molecule has 0 aliphatic carbocycles. The van der Waals surface area contributed by atoms with Crippen LogP contribution in [0.4, 0.5) is 0 Å². The van der Waals surface area contributed by atoms with E-state index in [4.69, 9.17) is 0 Å². The molecule has 1 heteroatoms. The Kier molecular flexibility index (Phi) is 6.38. The summed E-state index contributed by atoms with van der Waals surface area (Å²) in [6.45, 7) is 11.0. The van der Waals surface area contributed by atoms with Crippen molar-refractivity contribution in [2.24, 2.45) is 0 Å². The molecule has 1 radical (unpaired) electrons. The Balaban J connectivity index is 0.000000318. The van der Waals surface area contributed by atoms with Crippen LogP contribution in [0.5, 0.6) is 0 Å². The van der Waals surface area contributed by atoms with Crippen molar-refractivity contribution in [3.8, 4) is 0 Å². The van der Waals surface area contributed by atoms with Crippen LogP contribution < -0.4 is 0 Å². The summed E-state index contributed by atoms with van der Waals surface area (Å²) in [5, 5.41) is 0. The summed E-state index contributed by atoms with van der Waals surface area (Å²) in [7, 11) is 0. The van der Waals surface area contributed by atoms with Gasteiger partial charge < -0.3 is 0 Å². The Bertz CT molecular complexity index is 308. The van der Waals surface area contributed by atoms with Crippen LogP contribution in [0.15, 0.2) is 30.3 Å².